The van der Waals surface area contributed by atoms with Gasteiger partial charge in [-0.3, -0.25) is 4.79 Å². The molecular weight excluding hydrogens is 408 g/mol. The molecule has 1 aliphatic rings. The zero-order valence-corrected chi connectivity index (χ0v) is 17.6. The Kier molecular flexibility index (Phi) is 5.53. The van der Waals surface area contributed by atoms with Crippen LogP contribution in [0.15, 0.2) is 58.1 Å². The van der Waals surface area contributed by atoms with Gasteiger partial charge in [-0.25, -0.2) is 13.1 Å². The Morgan fingerprint density at radius 2 is 2.00 bits per heavy atom. The Hall–Kier alpha value is -2.49. The van der Waals surface area contributed by atoms with Crippen LogP contribution < -0.4 is 5.32 Å². The van der Waals surface area contributed by atoms with Crippen molar-refractivity contribution in [3.8, 4) is 5.69 Å². The molecule has 1 saturated heterocycles. The van der Waals surface area contributed by atoms with Crippen LogP contribution in [0, 0.1) is 12.8 Å². The number of rotatable bonds is 5. The summed E-state index contributed by atoms with van der Waals surface area (Å²) in [6.45, 7) is 2.49. The SMILES string of the molecule is Cc1cc(NC(=O)C2CCCN(S(=O)(=O)c3cccs3)C2)n(-c2ccccc2)n1. The van der Waals surface area contributed by atoms with Crippen LogP contribution in [0.25, 0.3) is 5.69 Å². The van der Waals surface area contributed by atoms with Crippen LogP contribution in [-0.4, -0.2) is 41.5 Å². The largest absolute Gasteiger partial charge is 0.310 e. The predicted octanol–water partition coefficient (Wildman–Crippen LogP) is 3.28. The van der Waals surface area contributed by atoms with Gasteiger partial charge in [-0.1, -0.05) is 24.3 Å². The number of nitrogens with one attached hydrogen (secondary N) is 1. The molecule has 1 N–H and O–H groups in total. The van der Waals surface area contributed by atoms with Gasteiger partial charge >= 0.3 is 0 Å². The van der Waals surface area contributed by atoms with Gasteiger partial charge in [0.05, 0.1) is 17.3 Å². The van der Waals surface area contributed by atoms with Crippen LogP contribution in [0.5, 0.6) is 0 Å². The lowest BCUT2D eigenvalue weighted by Crippen LogP contribution is -2.43. The molecule has 1 unspecified atom stereocenters. The molecular formula is C20H22N4O3S2. The molecule has 29 heavy (non-hydrogen) atoms. The van der Waals surface area contributed by atoms with E-state index in [0.717, 1.165) is 11.4 Å². The van der Waals surface area contributed by atoms with Gasteiger partial charge in [-0.05, 0) is 43.3 Å². The van der Waals surface area contributed by atoms with Crippen molar-refractivity contribution in [2.45, 2.75) is 24.0 Å². The van der Waals surface area contributed by atoms with Gasteiger partial charge in [0.2, 0.25) is 5.91 Å². The average Bonchev–Trinajstić information content (AvgIpc) is 3.39. The van der Waals surface area contributed by atoms with Crippen molar-refractivity contribution in [2.75, 3.05) is 18.4 Å². The number of carbonyl (C=O) groups is 1. The number of hydrogen-bond acceptors (Lipinski definition) is 5. The summed E-state index contributed by atoms with van der Waals surface area (Å²) in [7, 11) is -3.55. The highest BCUT2D eigenvalue weighted by atomic mass is 32.2. The van der Waals surface area contributed by atoms with Gasteiger partial charge in [-0.15, -0.1) is 11.3 Å². The quantitative estimate of drug-likeness (QED) is 0.673. The van der Waals surface area contributed by atoms with Crippen molar-refractivity contribution < 1.29 is 13.2 Å². The number of aryl methyl sites for hydroxylation is 1. The highest BCUT2D eigenvalue weighted by Gasteiger charge is 2.34. The molecule has 1 atom stereocenters. The summed E-state index contributed by atoms with van der Waals surface area (Å²) in [5.74, 6) is -0.0111. The number of nitrogens with zero attached hydrogens (tertiary/aromatic N) is 3. The molecule has 1 fully saturated rings. The minimum Gasteiger partial charge on any atom is -0.310 e. The summed E-state index contributed by atoms with van der Waals surface area (Å²) in [4.78, 5) is 12.9. The summed E-state index contributed by atoms with van der Waals surface area (Å²) in [5.41, 5.74) is 1.64. The third-order valence-corrected chi connectivity index (χ3v) is 8.17. The molecule has 152 valence electrons. The van der Waals surface area contributed by atoms with Crippen LogP contribution in [0.2, 0.25) is 0 Å². The molecule has 1 aliphatic heterocycles. The van der Waals surface area contributed by atoms with Crippen molar-refractivity contribution in [3.63, 3.8) is 0 Å². The predicted molar refractivity (Wildman–Crippen MR) is 113 cm³/mol. The van der Waals surface area contributed by atoms with E-state index in [1.165, 1.54) is 15.6 Å². The fourth-order valence-electron chi connectivity index (χ4n) is 3.50. The van der Waals surface area contributed by atoms with E-state index in [4.69, 9.17) is 0 Å². The Morgan fingerprint density at radius 3 is 2.72 bits per heavy atom. The third kappa shape index (κ3) is 4.12. The monoisotopic (exact) mass is 430 g/mol. The minimum absolute atomic E-state index is 0.185. The molecule has 1 amide bonds. The number of para-hydroxylation sites is 1. The number of amides is 1. The molecule has 0 bridgehead atoms. The first kappa shape index (κ1) is 19.8. The zero-order chi connectivity index (χ0) is 20.4. The van der Waals surface area contributed by atoms with E-state index >= 15 is 0 Å². The van der Waals surface area contributed by atoms with Crippen LogP contribution in [0.1, 0.15) is 18.5 Å². The molecule has 0 radical (unpaired) electrons. The number of hydrogen-bond donors (Lipinski definition) is 1. The summed E-state index contributed by atoms with van der Waals surface area (Å²) < 4.78 is 29.0. The standard InChI is InChI=1S/C20H22N4O3S2/c1-15-13-18(24(22-15)17-8-3-2-4-9-17)21-20(25)16-7-5-11-23(14-16)29(26,27)19-10-6-12-28-19/h2-4,6,8-10,12-13,16H,5,7,11,14H2,1H3,(H,21,25). The van der Waals surface area contributed by atoms with Crippen LogP contribution in [-0.2, 0) is 14.8 Å². The Bertz CT molecular complexity index is 1090. The van der Waals surface area contributed by atoms with Crippen molar-refractivity contribution in [1.29, 1.82) is 0 Å². The van der Waals surface area contributed by atoms with E-state index in [1.807, 2.05) is 43.3 Å². The second-order valence-electron chi connectivity index (χ2n) is 7.04. The molecule has 0 aliphatic carbocycles. The van der Waals surface area contributed by atoms with E-state index in [1.54, 1.807) is 22.2 Å². The highest BCUT2D eigenvalue weighted by Crippen LogP contribution is 2.27. The first-order valence-electron chi connectivity index (χ1n) is 9.42. The number of aromatic nitrogens is 2. The molecule has 9 heteroatoms. The van der Waals surface area contributed by atoms with Gasteiger partial charge in [0, 0.05) is 19.2 Å². The lowest BCUT2D eigenvalue weighted by molar-refractivity contribution is -0.120. The van der Waals surface area contributed by atoms with Crippen LogP contribution in [0.3, 0.4) is 0 Å². The van der Waals surface area contributed by atoms with Crippen molar-refractivity contribution >= 4 is 33.1 Å². The first-order valence-corrected chi connectivity index (χ1v) is 11.7. The average molecular weight is 431 g/mol. The Labute approximate surface area is 174 Å². The molecule has 3 aromatic rings. The molecule has 0 saturated carbocycles. The third-order valence-electron chi connectivity index (χ3n) is 4.93. The molecule has 4 rings (SSSR count). The minimum atomic E-state index is -3.55. The second-order valence-corrected chi connectivity index (χ2v) is 10.2. The maximum absolute atomic E-state index is 12.9. The van der Waals surface area contributed by atoms with Gasteiger partial charge in [0.15, 0.2) is 0 Å². The van der Waals surface area contributed by atoms with Crippen molar-refractivity contribution in [2.24, 2.45) is 5.92 Å². The van der Waals surface area contributed by atoms with E-state index in [2.05, 4.69) is 10.4 Å². The van der Waals surface area contributed by atoms with E-state index in [9.17, 15) is 13.2 Å². The molecule has 3 heterocycles. The molecule has 0 spiro atoms. The van der Waals surface area contributed by atoms with Crippen LogP contribution in [0.4, 0.5) is 5.82 Å². The van der Waals surface area contributed by atoms with Crippen LogP contribution >= 0.6 is 11.3 Å². The zero-order valence-electron chi connectivity index (χ0n) is 16.0. The Morgan fingerprint density at radius 1 is 1.21 bits per heavy atom. The lowest BCUT2D eigenvalue weighted by atomic mass is 9.99. The summed E-state index contributed by atoms with van der Waals surface area (Å²) in [6.07, 6.45) is 1.31. The molecule has 1 aromatic carbocycles. The fourth-order valence-corrected chi connectivity index (χ4v) is 6.16. The van der Waals surface area contributed by atoms with Gasteiger partial charge in [-0.2, -0.15) is 9.40 Å². The maximum Gasteiger partial charge on any atom is 0.252 e. The number of thiophene rings is 1. The smallest absolute Gasteiger partial charge is 0.252 e. The lowest BCUT2D eigenvalue weighted by Gasteiger charge is -2.30. The number of piperidine rings is 1. The summed E-state index contributed by atoms with van der Waals surface area (Å²) >= 11 is 1.20. The highest BCUT2D eigenvalue weighted by molar-refractivity contribution is 7.91. The first-order chi connectivity index (χ1) is 13.9. The van der Waals surface area contributed by atoms with Crippen molar-refractivity contribution in [3.05, 3.63) is 59.6 Å². The number of benzene rings is 1. The van der Waals surface area contributed by atoms with E-state index in [0.29, 0.717) is 29.4 Å². The van der Waals surface area contributed by atoms with Gasteiger partial charge in [0.25, 0.3) is 10.0 Å². The van der Waals surface area contributed by atoms with E-state index < -0.39 is 15.9 Å². The van der Waals surface area contributed by atoms with Crippen molar-refractivity contribution in [1.82, 2.24) is 14.1 Å². The Balaban J connectivity index is 1.51. The molecule has 2 aromatic heterocycles. The number of carbonyl (C=O) groups excluding carboxylic acids is 1. The summed E-state index contributed by atoms with van der Waals surface area (Å²) in [5, 5.41) is 9.16. The summed E-state index contributed by atoms with van der Waals surface area (Å²) in [6, 6.07) is 14.7. The normalized spacial score (nSPS) is 17.9. The number of anilines is 1. The fraction of sp³-hybridized carbons (Fsp3) is 0.300. The topological polar surface area (TPSA) is 84.3 Å². The second kappa shape index (κ2) is 8.10. The van der Waals surface area contributed by atoms with Gasteiger partial charge in [0.1, 0.15) is 10.0 Å². The maximum atomic E-state index is 12.9. The molecule has 7 nitrogen and oxygen atoms in total. The van der Waals surface area contributed by atoms with E-state index in [-0.39, 0.29) is 12.5 Å². The number of sulfonamides is 1. The van der Waals surface area contributed by atoms with Gasteiger partial charge < -0.3 is 5.32 Å².